The summed E-state index contributed by atoms with van der Waals surface area (Å²) in [7, 11) is 1.96. The van der Waals surface area contributed by atoms with Gasteiger partial charge in [0.25, 0.3) is 5.56 Å². The van der Waals surface area contributed by atoms with Gasteiger partial charge in [-0.3, -0.25) is 4.79 Å². The van der Waals surface area contributed by atoms with Crippen molar-refractivity contribution in [3.63, 3.8) is 0 Å². The second kappa shape index (κ2) is 7.31. The predicted octanol–water partition coefficient (Wildman–Crippen LogP) is 2.92. The molecule has 20 heavy (non-hydrogen) atoms. The van der Waals surface area contributed by atoms with Crippen LogP contribution in [0.3, 0.4) is 0 Å². The Labute approximate surface area is 124 Å². The van der Waals surface area contributed by atoms with Crippen molar-refractivity contribution >= 4 is 11.8 Å². The molecule has 0 saturated carbocycles. The summed E-state index contributed by atoms with van der Waals surface area (Å²) in [6.07, 6.45) is 1.84. The van der Waals surface area contributed by atoms with E-state index >= 15 is 0 Å². The fraction of sp³-hybridized carbons (Fsp3) is 0.312. The molecule has 4 heteroatoms. The minimum Gasteiger partial charge on any atom is -0.315 e. The van der Waals surface area contributed by atoms with Crippen LogP contribution in [0.1, 0.15) is 18.5 Å². The minimum atomic E-state index is 0.0608. The first-order valence-electron chi connectivity index (χ1n) is 6.76. The molecule has 0 aliphatic rings. The highest BCUT2D eigenvalue weighted by Crippen LogP contribution is 2.22. The van der Waals surface area contributed by atoms with Crippen LogP contribution in [0, 0.1) is 0 Å². The topological polar surface area (TPSA) is 34.0 Å². The standard InChI is InChI=1S/C16H20N2OS/c1-13(17-2)14-6-5-7-15(12-14)20-11-10-18-9-4-3-8-16(18)19/h3-9,12-13,17H,10-11H2,1-2H3. The monoisotopic (exact) mass is 288 g/mol. The zero-order valence-electron chi connectivity index (χ0n) is 11.9. The summed E-state index contributed by atoms with van der Waals surface area (Å²) < 4.78 is 1.74. The molecule has 0 aliphatic carbocycles. The first kappa shape index (κ1) is 14.9. The summed E-state index contributed by atoms with van der Waals surface area (Å²) in [5.41, 5.74) is 1.35. The van der Waals surface area contributed by atoms with Crippen LogP contribution in [0.5, 0.6) is 0 Å². The minimum absolute atomic E-state index is 0.0608. The molecule has 0 spiro atoms. The van der Waals surface area contributed by atoms with Gasteiger partial charge in [-0.05, 0) is 37.7 Å². The first-order chi connectivity index (χ1) is 9.70. The number of thioether (sulfide) groups is 1. The summed E-state index contributed by atoms with van der Waals surface area (Å²) in [5.74, 6) is 0.890. The fourth-order valence-corrected chi connectivity index (χ4v) is 2.87. The van der Waals surface area contributed by atoms with Crippen molar-refractivity contribution in [2.45, 2.75) is 24.4 Å². The third kappa shape index (κ3) is 3.99. The Morgan fingerprint density at radius 2 is 2.10 bits per heavy atom. The van der Waals surface area contributed by atoms with Gasteiger partial charge in [-0.25, -0.2) is 0 Å². The highest BCUT2D eigenvalue weighted by molar-refractivity contribution is 7.99. The third-order valence-corrected chi connectivity index (χ3v) is 4.26. The highest BCUT2D eigenvalue weighted by atomic mass is 32.2. The average molecular weight is 288 g/mol. The first-order valence-corrected chi connectivity index (χ1v) is 7.75. The molecule has 1 heterocycles. The number of nitrogens with one attached hydrogen (secondary N) is 1. The van der Waals surface area contributed by atoms with Crippen LogP contribution in [0.2, 0.25) is 0 Å². The van der Waals surface area contributed by atoms with E-state index in [1.54, 1.807) is 28.5 Å². The molecule has 0 radical (unpaired) electrons. The van der Waals surface area contributed by atoms with Crippen LogP contribution in [0.25, 0.3) is 0 Å². The summed E-state index contributed by atoms with van der Waals surface area (Å²) in [6.45, 7) is 2.88. The maximum atomic E-state index is 11.6. The van der Waals surface area contributed by atoms with Crippen LogP contribution in [0.4, 0.5) is 0 Å². The number of aromatic nitrogens is 1. The number of rotatable bonds is 6. The van der Waals surface area contributed by atoms with Gasteiger partial charge >= 0.3 is 0 Å². The molecule has 2 aromatic rings. The Morgan fingerprint density at radius 3 is 2.85 bits per heavy atom. The normalized spacial score (nSPS) is 12.3. The molecule has 1 aromatic heterocycles. The Hall–Kier alpha value is -1.52. The summed E-state index contributed by atoms with van der Waals surface area (Å²) in [4.78, 5) is 12.8. The van der Waals surface area contributed by atoms with E-state index in [0.717, 1.165) is 12.3 Å². The molecule has 0 aliphatic heterocycles. The second-order valence-corrected chi connectivity index (χ2v) is 5.83. The van der Waals surface area contributed by atoms with E-state index in [9.17, 15) is 4.79 Å². The summed E-state index contributed by atoms with van der Waals surface area (Å²) in [6, 6.07) is 14.2. The van der Waals surface area contributed by atoms with Gasteiger partial charge in [-0.1, -0.05) is 18.2 Å². The molecule has 106 valence electrons. The zero-order chi connectivity index (χ0) is 14.4. The van der Waals surface area contributed by atoms with Gasteiger partial charge in [0.15, 0.2) is 0 Å². The van der Waals surface area contributed by atoms with E-state index < -0.39 is 0 Å². The van der Waals surface area contributed by atoms with Crippen LogP contribution in [-0.4, -0.2) is 17.4 Å². The van der Waals surface area contributed by atoms with E-state index in [0.29, 0.717) is 6.04 Å². The van der Waals surface area contributed by atoms with Crippen molar-refractivity contribution in [2.24, 2.45) is 0 Å². The van der Waals surface area contributed by atoms with Gasteiger partial charge in [0.2, 0.25) is 0 Å². The fourth-order valence-electron chi connectivity index (χ4n) is 1.95. The lowest BCUT2D eigenvalue weighted by molar-refractivity contribution is 0.651. The maximum Gasteiger partial charge on any atom is 0.250 e. The Balaban J connectivity index is 1.94. The lowest BCUT2D eigenvalue weighted by Crippen LogP contribution is -2.18. The molecule has 1 atom stereocenters. The molecule has 0 bridgehead atoms. The molecule has 0 amide bonds. The molecule has 1 aromatic carbocycles. The third-order valence-electron chi connectivity index (χ3n) is 3.29. The molecule has 0 fully saturated rings. The van der Waals surface area contributed by atoms with Gasteiger partial charge < -0.3 is 9.88 Å². The van der Waals surface area contributed by atoms with Gasteiger partial charge in [-0.2, -0.15) is 0 Å². The number of hydrogen-bond donors (Lipinski definition) is 1. The van der Waals surface area contributed by atoms with Crippen molar-refractivity contribution in [3.05, 3.63) is 64.6 Å². The van der Waals surface area contributed by atoms with E-state index in [1.165, 1.54) is 10.5 Å². The zero-order valence-corrected chi connectivity index (χ0v) is 12.7. The Bertz CT molecular complexity index is 609. The van der Waals surface area contributed by atoms with Crippen LogP contribution < -0.4 is 10.9 Å². The second-order valence-electron chi connectivity index (χ2n) is 4.66. The highest BCUT2D eigenvalue weighted by Gasteiger charge is 2.03. The van der Waals surface area contributed by atoms with E-state index in [-0.39, 0.29) is 5.56 Å². The van der Waals surface area contributed by atoms with Gasteiger partial charge in [0.1, 0.15) is 0 Å². The molecule has 1 N–H and O–H groups in total. The Kier molecular flexibility index (Phi) is 5.44. The number of benzene rings is 1. The number of nitrogens with zero attached hydrogens (tertiary/aromatic N) is 1. The maximum absolute atomic E-state index is 11.6. The Morgan fingerprint density at radius 1 is 1.25 bits per heavy atom. The van der Waals surface area contributed by atoms with Gasteiger partial charge in [-0.15, -0.1) is 11.8 Å². The average Bonchev–Trinajstić information content (AvgIpc) is 2.49. The number of pyridine rings is 1. The molecule has 1 unspecified atom stereocenters. The molecular weight excluding hydrogens is 268 g/mol. The van der Waals surface area contributed by atoms with Crippen molar-refractivity contribution in [3.8, 4) is 0 Å². The van der Waals surface area contributed by atoms with Crippen molar-refractivity contribution in [2.75, 3.05) is 12.8 Å². The lowest BCUT2D eigenvalue weighted by atomic mass is 10.1. The van der Waals surface area contributed by atoms with E-state index in [1.807, 2.05) is 19.3 Å². The molecule has 2 rings (SSSR count). The molecule has 3 nitrogen and oxygen atoms in total. The van der Waals surface area contributed by atoms with Crippen molar-refractivity contribution < 1.29 is 0 Å². The summed E-state index contributed by atoms with van der Waals surface area (Å²) >= 11 is 1.78. The molecule has 0 saturated heterocycles. The van der Waals surface area contributed by atoms with Gasteiger partial charge in [0.05, 0.1) is 0 Å². The summed E-state index contributed by atoms with van der Waals surface area (Å²) in [5, 5.41) is 3.24. The number of hydrogen-bond acceptors (Lipinski definition) is 3. The lowest BCUT2D eigenvalue weighted by Gasteiger charge is -2.12. The van der Waals surface area contributed by atoms with Crippen LogP contribution >= 0.6 is 11.8 Å². The van der Waals surface area contributed by atoms with Crippen molar-refractivity contribution in [1.29, 1.82) is 0 Å². The predicted molar refractivity (Wildman–Crippen MR) is 85.3 cm³/mol. The van der Waals surface area contributed by atoms with Crippen molar-refractivity contribution in [1.82, 2.24) is 9.88 Å². The number of aryl methyl sites for hydroxylation is 1. The molecular formula is C16H20N2OS. The van der Waals surface area contributed by atoms with E-state index in [4.69, 9.17) is 0 Å². The van der Waals surface area contributed by atoms with Gasteiger partial charge in [0, 0.05) is 35.5 Å². The van der Waals surface area contributed by atoms with Crippen LogP contribution in [0.15, 0.2) is 58.4 Å². The van der Waals surface area contributed by atoms with Crippen LogP contribution in [-0.2, 0) is 6.54 Å². The smallest absolute Gasteiger partial charge is 0.250 e. The van der Waals surface area contributed by atoms with E-state index in [2.05, 4.69) is 36.5 Å². The SMILES string of the molecule is CNC(C)c1cccc(SCCn2ccccc2=O)c1. The quantitative estimate of drug-likeness (QED) is 0.830. The largest absolute Gasteiger partial charge is 0.315 e.